The molecule has 0 fully saturated rings. The molecule has 0 aliphatic rings. The minimum Gasteiger partial charge on any atom is -0.399 e. The van der Waals surface area contributed by atoms with Gasteiger partial charge >= 0.3 is 0 Å². The van der Waals surface area contributed by atoms with Gasteiger partial charge in [-0.2, -0.15) is 0 Å². The molecular formula is C12H20N2O2. The molecule has 1 rings (SSSR count). The lowest BCUT2D eigenvalue weighted by molar-refractivity contribution is 0.103. The highest BCUT2D eigenvalue weighted by molar-refractivity contribution is 5.39. The van der Waals surface area contributed by atoms with Gasteiger partial charge in [-0.05, 0) is 24.7 Å². The van der Waals surface area contributed by atoms with Gasteiger partial charge in [0.2, 0.25) is 0 Å². The molecule has 16 heavy (non-hydrogen) atoms. The molecule has 90 valence electrons. The third kappa shape index (κ3) is 4.18. The molecule has 0 aliphatic heterocycles. The number of aliphatic hydroxyl groups excluding tert-OH is 1. The summed E-state index contributed by atoms with van der Waals surface area (Å²) in [7, 11) is 3.63. The van der Waals surface area contributed by atoms with Crippen LogP contribution in [0.3, 0.4) is 0 Å². The molecule has 1 aromatic carbocycles. The number of nitrogens with two attached hydrogens (primary N) is 1. The van der Waals surface area contributed by atoms with Crippen LogP contribution in [0.4, 0.5) is 5.69 Å². The van der Waals surface area contributed by atoms with Gasteiger partial charge in [-0.1, -0.05) is 12.1 Å². The van der Waals surface area contributed by atoms with Crippen molar-refractivity contribution in [2.24, 2.45) is 0 Å². The molecule has 0 radical (unpaired) electrons. The zero-order chi connectivity index (χ0) is 12.0. The number of anilines is 1. The molecule has 1 unspecified atom stereocenters. The predicted octanol–water partition coefficient (Wildman–Crippen LogP) is 0.880. The molecule has 4 heteroatoms. The molecule has 1 aromatic rings. The SMILES string of the molecule is COCCN(C)CC(O)c1ccc(N)cc1. The van der Waals surface area contributed by atoms with E-state index < -0.39 is 6.10 Å². The quantitative estimate of drug-likeness (QED) is 0.704. The largest absolute Gasteiger partial charge is 0.399 e. The lowest BCUT2D eigenvalue weighted by Gasteiger charge is -2.20. The van der Waals surface area contributed by atoms with E-state index in [1.807, 2.05) is 24.1 Å². The Bertz CT molecular complexity index is 300. The Morgan fingerprint density at radius 2 is 2.00 bits per heavy atom. The number of nitrogen functional groups attached to an aromatic ring is 1. The van der Waals surface area contributed by atoms with Crippen LogP contribution in [0.1, 0.15) is 11.7 Å². The maximum atomic E-state index is 9.96. The van der Waals surface area contributed by atoms with Gasteiger partial charge in [0.1, 0.15) is 0 Å². The van der Waals surface area contributed by atoms with Gasteiger partial charge in [-0.25, -0.2) is 0 Å². The number of methoxy groups -OCH3 is 1. The van der Waals surface area contributed by atoms with Crippen LogP contribution in [-0.4, -0.2) is 43.9 Å². The van der Waals surface area contributed by atoms with E-state index in [0.717, 1.165) is 12.1 Å². The zero-order valence-electron chi connectivity index (χ0n) is 9.89. The third-order valence-electron chi connectivity index (χ3n) is 2.48. The summed E-state index contributed by atoms with van der Waals surface area (Å²) >= 11 is 0. The number of hydrogen-bond acceptors (Lipinski definition) is 4. The monoisotopic (exact) mass is 224 g/mol. The first kappa shape index (κ1) is 13.0. The van der Waals surface area contributed by atoms with E-state index in [4.69, 9.17) is 10.5 Å². The van der Waals surface area contributed by atoms with Crippen molar-refractivity contribution in [1.82, 2.24) is 4.90 Å². The Labute approximate surface area is 96.6 Å². The van der Waals surface area contributed by atoms with Crippen molar-refractivity contribution in [3.63, 3.8) is 0 Å². The molecule has 0 saturated carbocycles. The highest BCUT2D eigenvalue weighted by atomic mass is 16.5. The average Bonchev–Trinajstić information content (AvgIpc) is 2.27. The van der Waals surface area contributed by atoms with Gasteiger partial charge in [0.15, 0.2) is 0 Å². The first-order valence-electron chi connectivity index (χ1n) is 5.34. The van der Waals surface area contributed by atoms with Gasteiger partial charge in [-0.3, -0.25) is 0 Å². The Morgan fingerprint density at radius 3 is 2.56 bits per heavy atom. The minimum atomic E-state index is -0.484. The van der Waals surface area contributed by atoms with Crippen molar-refractivity contribution in [3.8, 4) is 0 Å². The third-order valence-corrected chi connectivity index (χ3v) is 2.48. The Hall–Kier alpha value is -1.10. The van der Waals surface area contributed by atoms with E-state index in [1.54, 1.807) is 19.2 Å². The van der Waals surface area contributed by atoms with Gasteiger partial charge in [0.05, 0.1) is 12.7 Å². The molecule has 0 aromatic heterocycles. The highest BCUT2D eigenvalue weighted by Crippen LogP contribution is 2.15. The Morgan fingerprint density at radius 1 is 1.38 bits per heavy atom. The van der Waals surface area contributed by atoms with Crippen LogP contribution in [0.15, 0.2) is 24.3 Å². The number of aliphatic hydroxyl groups is 1. The minimum absolute atomic E-state index is 0.484. The van der Waals surface area contributed by atoms with Crippen molar-refractivity contribution < 1.29 is 9.84 Å². The number of benzene rings is 1. The van der Waals surface area contributed by atoms with Crippen LogP contribution < -0.4 is 5.73 Å². The lowest BCUT2D eigenvalue weighted by Crippen LogP contribution is -2.27. The smallest absolute Gasteiger partial charge is 0.0916 e. The Kier molecular flexibility index (Phi) is 5.25. The van der Waals surface area contributed by atoms with E-state index >= 15 is 0 Å². The van der Waals surface area contributed by atoms with Gasteiger partial charge < -0.3 is 20.5 Å². The molecule has 0 heterocycles. The fourth-order valence-electron chi connectivity index (χ4n) is 1.46. The highest BCUT2D eigenvalue weighted by Gasteiger charge is 2.09. The normalized spacial score (nSPS) is 13.0. The topological polar surface area (TPSA) is 58.7 Å². The number of hydrogen-bond donors (Lipinski definition) is 2. The molecule has 3 N–H and O–H groups in total. The molecule has 0 amide bonds. The summed E-state index contributed by atoms with van der Waals surface area (Å²) in [6.07, 6.45) is -0.484. The second-order valence-corrected chi connectivity index (χ2v) is 3.94. The zero-order valence-corrected chi connectivity index (χ0v) is 9.89. The van der Waals surface area contributed by atoms with Crippen molar-refractivity contribution in [1.29, 1.82) is 0 Å². The van der Waals surface area contributed by atoms with Gasteiger partial charge in [0, 0.05) is 25.9 Å². The summed E-state index contributed by atoms with van der Waals surface area (Å²) in [5.74, 6) is 0. The predicted molar refractivity (Wildman–Crippen MR) is 65.2 cm³/mol. The van der Waals surface area contributed by atoms with E-state index in [9.17, 15) is 5.11 Å². The maximum Gasteiger partial charge on any atom is 0.0916 e. The summed E-state index contributed by atoms with van der Waals surface area (Å²) < 4.78 is 4.98. The number of rotatable bonds is 6. The van der Waals surface area contributed by atoms with Crippen molar-refractivity contribution in [2.75, 3.05) is 39.6 Å². The Balaban J connectivity index is 2.45. The van der Waals surface area contributed by atoms with Gasteiger partial charge in [-0.15, -0.1) is 0 Å². The summed E-state index contributed by atoms with van der Waals surface area (Å²) in [6, 6.07) is 7.30. The van der Waals surface area contributed by atoms with Crippen molar-refractivity contribution >= 4 is 5.69 Å². The van der Waals surface area contributed by atoms with Crippen LogP contribution in [0.25, 0.3) is 0 Å². The van der Waals surface area contributed by atoms with Crippen molar-refractivity contribution in [3.05, 3.63) is 29.8 Å². The second kappa shape index (κ2) is 6.48. The molecule has 4 nitrogen and oxygen atoms in total. The van der Waals surface area contributed by atoms with Gasteiger partial charge in [0.25, 0.3) is 0 Å². The molecule has 0 saturated heterocycles. The molecule has 1 atom stereocenters. The summed E-state index contributed by atoms with van der Waals surface area (Å²) in [4.78, 5) is 2.03. The first-order valence-corrected chi connectivity index (χ1v) is 5.34. The van der Waals surface area contributed by atoms with E-state index in [2.05, 4.69) is 0 Å². The van der Waals surface area contributed by atoms with Crippen LogP contribution in [0.5, 0.6) is 0 Å². The first-order chi connectivity index (χ1) is 7.63. The van der Waals surface area contributed by atoms with Crippen LogP contribution >= 0.6 is 0 Å². The summed E-state index contributed by atoms with van der Waals surface area (Å²) in [5, 5.41) is 9.96. The van der Waals surface area contributed by atoms with Crippen molar-refractivity contribution in [2.45, 2.75) is 6.10 Å². The van der Waals surface area contributed by atoms with E-state index in [0.29, 0.717) is 18.8 Å². The van der Waals surface area contributed by atoms with Crippen LogP contribution in [0.2, 0.25) is 0 Å². The van der Waals surface area contributed by atoms with E-state index in [-0.39, 0.29) is 0 Å². The second-order valence-electron chi connectivity index (χ2n) is 3.94. The molecule has 0 bridgehead atoms. The fraction of sp³-hybridized carbons (Fsp3) is 0.500. The maximum absolute atomic E-state index is 9.96. The fourth-order valence-corrected chi connectivity index (χ4v) is 1.46. The average molecular weight is 224 g/mol. The van der Waals surface area contributed by atoms with E-state index in [1.165, 1.54) is 0 Å². The molecule has 0 spiro atoms. The van der Waals surface area contributed by atoms with Crippen LogP contribution in [0, 0.1) is 0 Å². The molecular weight excluding hydrogens is 204 g/mol. The standard InChI is InChI=1S/C12H20N2O2/c1-14(7-8-16-2)9-12(15)10-3-5-11(13)6-4-10/h3-6,12,15H,7-9,13H2,1-2H3. The molecule has 0 aliphatic carbocycles. The number of nitrogens with zero attached hydrogens (tertiary/aromatic N) is 1. The van der Waals surface area contributed by atoms with Crippen LogP contribution in [-0.2, 0) is 4.74 Å². The number of ether oxygens (including phenoxy) is 1. The lowest BCUT2D eigenvalue weighted by atomic mass is 10.1. The summed E-state index contributed by atoms with van der Waals surface area (Å²) in [5.41, 5.74) is 7.18. The number of likely N-dealkylation sites (N-methyl/N-ethyl adjacent to an activating group) is 1. The summed E-state index contributed by atoms with van der Waals surface area (Å²) in [6.45, 7) is 2.07.